The molecule has 1 aromatic heterocycles. The Morgan fingerprint density at radius 1 is 1.29 bits per heavy atom. The van der Waals surface area contributed by atoms with Crippen LogP contribution < -0.4 is 15.8 Å². The van der Waals surface area contributed by atoms with Crippen molar-refractivity contribution in [2.75, 3.05) is 5.32 Å². The number of nitrogens with two attached hydrogens (primary N) is 1. The summed E-state index contributed by atoms with van der Waals surface area (Å²) in [7, 11) is 0. The van der Waals surface area contributed by atoms with Crippen LogP contribution in [-0.2, 0) is 0 Å². The van der Waals surface area contributed by atoms with Crippen molar-refractivity contribution in [3.05, 3.63) is 52.4 Å². The number of rotatable bonds is 6. The van der Waals surface area contributed by atoms with Crippen LogP contribution in [0.1, 0.15) is 32.5 Å². The minimum absolute atomic E-state index is 0.0501. The van der Waals surface area contributed by atoms with Crippen LogP contribution in [0, 0.1) is 0 Å². The first kappa shape index (κ1) is 17.6. The lowest BCUT2D eigenvalue weighted by molar-refractivity contribution is -0.0498. The normalized spacial score (nSPS) is 11.0. The first-order chi connectivity index (χ1) is 11.4. The number of allylic oxidation sites excluding steroid dienone is 1. The summed E-state index contributed by atoms with van der Waals surface area (Å²) in [6.45, 7) is -1.11. The second-order valence-electron chi connectivity index (χ2n) is 4.61. The van der Waals surface area contributed by atoms with E-state index in [-0.39, 0.29) is 16.9 Å². The Bertz CT molecular complexity index is 770. The van der Waals surface area contributed by atoms with E-state index in [0.29, 0.717) is 5.00 Å². The average Bonchev–Trinajstić information content (AvgIpc) is 2.90. The standard InChI is InChI=1S/C16H14F2N2O3S/c1-2-3-11-8-12(13(19)21)15(24-11)20-14(22)9-4-6-10(7-5-9)23-16(17)18/h2-8,16H,1H3,(H2,19,21)(H,20,22)/b3-2+. The summed E-state index contributed by atoms with van der Waals surface area (Å²) in [4.78, 5) is 24.5. The Balaban J connectivity index is 2.18. The first-order valence-corrected chi connectivity index (χ1v) is 7.65. The molecule has 0 saturated carbocycles. The molecular weight excluding hydrogens is 338 g/mol. The van der Waals surface area contributed by atoms with E-state index in [9.17, 15) is 18.4 Å². The first-order valence-electron chi connectivity index (χ1n) is 6.83. The molecule has 1 heterocycles. The Morgan fingerprint density at radius 3 is 2.50 bits per heavy atom. The van der Waals surface area contributed by atoms with Crippen LogP contribution in [-0.4, -0.2) is 18.4 Å². The van der Waals surface area contributed by atoms with Crippen LogP contribution >= 0.6 is 11.3 Å². The number of thiophene rings is 1. The second kappa shape index (κ2) is 7.69. The van der Waals surface area contributed by atoms with Crippen LogP contribution in [0.25, 0.3) is 6.08 Å². The van der Waals surface area contributed by atoms with Gasteiger partial charge in [0.2, 0.25) is 0 Å². The number of primary amides is 1. The molecule has 0 bridgehead atoms. The predicted molar refractivity (Wildman–Crippen MR) is 88.6 cm³/mol. The molecule has 0 fully saturated rings. The van der Waals surface area contributed by atoms with Gasteiger partial charge < -0.3 is 15.8 Å². The summed E-state index contributed by atoms with van der Waals surface area (Å²) in [5.74, 6) is -1.20. The molecule has 24 heavy (non-hydrogen) atoms. The Morgan fingerprint density at radius 2 is 1.96 bits per heavy atom. The van der Waals surface area contributed by atoms with Crippen LogP contribution in [0.5, 0.6) is 5.75 Å². The third-order valence-electron chi connectivity index (χ3n) is 2.92. The van der Waals surface area contributed by atoms with Gasteiger partial charge in [-0.2, -0.15) is 8.78 Å². The molecule has 0 unspecified atom stereocenters. The van der Waals surface area contributed by atoms with Gasteiger partial charge in [-0.15, -0.1) is 11.3 Å². The molecule has 0 atom stereocenters. The van der Waals surface area contributed by atoms with Crippen molar-refractivity contribution >= 4 is 34.2 Å². The lowest BCUT2D eigenvalue weighted by atomic mass is 10.2. The number of halogens is 2. The van der Waals surface area contributed by atoms with Crippen LogP contribution in [0.15, 0.2) is 36.4 Å². The van der Waals surface area contributed by atoms with E-state index in [1.165, 1.54) is 35.6 Å². The number of carbonyl (C=O) groups excluding carboxylic acids is 2. The van der Waals surface area contributed by atoms with Crippen molar-refractivity contribution in [2.45, 2.75) is 13.5 Å². The van der Waals surface area contributed by atoms with E-state index >= 15 is 0 Å². The smallest absolute Gasteiger partial charge is 0.387 e. The van der Waals surface area contributed by atoms with Crippen molar-refractivity contribution in [2.24, 2.45) is 5.73 Å². The SMILES string of the molecule is C/C=C/c1cc(C(N)=O)c(NC(=O)c2ccc(OC(F)F)cc2)s1. The van der Waals surface area contributed by atoms with E-state index in [0.717, 1.165) is 4.88 Å². The van der Waals surface area contributed by atoms with Gasteiger partial charge in [-0.3, -0.25) is 9.59 Å². The number of hydrogen-bond acceptors (Lipinski definition) is 4. The molecule has 8 heteroatoms. The summed E-state index contributed by atoms with van der Waals surface area (Å²) in [5, 5.41) is 2.93. The lowest BCUT2D eigenvalue weighted by Crippen LogP contribution is -2.16. The fourth-order valence-corrected chi connectivity index (χ4v) is 2.93. The fourth-order valence-electron chi connectivity index (χ4n) is 1.90. The number of anilines is 1. The lowest BCUT2D eigenvalue weighted by Gasteiger charge is -2.07. The van der Waals surface area contributed by atoms with E-state index in [1.807, 2.05) is 6.92 Å². The molecule has 0 radical (unpaired) electrons. The molecule has 2 rings (SSSR count). The van der Waals surface area contributed by atoms with Gasteiger partial charge in [0, 0.05) is 10.4 Å². The zero-order chi connectivity index (χ0) is 17.7. The molecular formula is C16H14F2N2O3S. The minimum atomic E-state index is -2.93. The zero-order valence-electron chi connectivity index (χ0n) is 12.6. The fraction of sp³-hybridized carbons (Fsp3) is 0.125. The Labute approximate surface area is 140 Å². The minimum Gasteiger partial charge on any atom is -0.435 e. The molecule has 0 aliphatic carbocycles. The third kappa shape index (κ3) is 4.39. The zero-order valence-corrected chi connectivity index (χ0v) is 13.4. The maximum absolute atomic E-state index is 12.2. The van der Waals surface area contributed by atoms with Crippen LogP contribution in [0.4, 0.5) is 13.8 Å². The number of ether oxygens (including phenoxy) is 1. The molecule has 0 aliphatic heterocycles. The Kier molecular flexibility index (Phi) is 5.64. The molecule has 3 N–H and O–H groups in total. The summed E-state index contributed by atoms with van der Waals surface area (Å²) in [6, 6.07) is 6.79. The molecule has 2 amide bonds. The van der Waals surface area contributed by atoms with Crippen molar-refractivity contribution in [1.82, 2.24) is 0 Å². The number of nitrogens with one attached hydrogen (secondary N) is 1. The van der Waals surface area contributed by atoms with Crippen molar-refractivity contribution < 1.29 is 23.1 Å². The molecule has 2 aromatic rings. The van der Waals surface area contributed by atoms with Gasteiger partial charge in [0.05, 0.1) is 5.56 Å². The summed E-state index contributed by atoms with van der Waals surface area (Å²) < 4.78 is 28.4. The van der Waals surface area contributed by atoms with Gasteiger partial charge in [-0.05, 0) is 43.3 Å². The number of carbonyl (C=O) groups is 2. The van der Waals surface area contributed by atoms with Gasteiger partial charge >= 0.3 is 6.61 Å². The van der Waals surface area contributed by atoms with Crippen molar-refractivity contribution in [3.8, 4) is 5.75 Å². The Hall–Kier alpha value is -2.74. The van der Waals surface area contributed by atoms with E-state index < -0.39 is 18.4 Å². The van der Waals surface area contributed by atoms with Crippen molar-refractivity contribution in [3.63, 3.8) is 0 Å². The van der Waals surface area contributed by atoms with Gasteiger partial charge in [0.15, 0.2) is 0 Å². The largest absolute Gasteiger partial charge is 0.435 e. The molecule has 5 nitrogen and oxygen atoms in total. The average molecular weight is 352 g/mol. The molecule has 0 aliphatic rings. The molecule has 126 valence electrons. The highest BCUT2D eigenvalue weighted by molar-refractivity contribution is 7.17. The predicted octanol–water partition coefficient (Wildman–Crippen LogP) is 3.73. The topological polar surface area (TPSA) is 81.4 Å². The van der Waals surface area contributed by atoms with Gasteiger partial charge in [-0.25, -0.2) is 0 Å². The third-order valence-corrected chi connectivity index (χ3v) is 3.93. The van der Waals surface area contributed by atoms with Crippen molar-refractivity contribution in [1.29, 1.82) is 0 Å². The summed E-state index contributed by atoms with van der Waals surface area (Å²) >= 11 is 1.20. The second-order valence-corrected chi connectivity index (χ2v) is 5.70. The number of amides is 2. The van der Waals surface area contributed by atoms with Gasteiger partial charge in [-0.1, -0.05) is 6.08 Å². The molecule has 0 saturated heterocycles. The van der Waals surface area contributed by atoms with Crippen LogP contribution in [0.3, 0.4) is 0 Å². The molecule has 0 spiro atoms. The number of alkyl halides is 2. The summed E-state index contributed by atoms with van der Waals surface area (Å²) in [6.07, 6.45) is 3.58. The monoisotopic (exact) mass is 352 g/mol. The quantitative estimate of drug-likeness (QED) is 0.831. The van der Waals surface area contributed by atoms with Crippen LogP contribution in [0.2, 0.25) is 0 Å². The highest BCUT2D eigenvalue weighted by Crippen LogP contribution is 2.29. The summed E-state index contributed by atoms with van der Waals surface area (Å²) in [5.41, 5.74) is 5.75. The maximum atomic E-state index is 12.2. The molecule has 1 aromatic carbocycles. The van der Waals surface area contributed by atoms with Gasteiger partial charge in [0.25, 0.3) is 11.8 Å². The highest BCUT2D eigenvalue weighted by Gasteiger charge is 2.16. The van der Waals surface area contributed by atoms with E-state index in [1.54, 1.807) is 18.2 Å². The highest BCUT2D eigenvalue weighted by atomic mass is 32.1. The maximum Gasteiger partial charge on any atom is 0.387 e. The number of benzene rings is 1. The van der Waals surface area contributed by atoms with E-state index in [4.69, 9.17) is 5.73 Å². The van der Waals surface area contributed by atoms with Gasteiger partial charge in [0.1, 0.15) is 10.8 Å². The van der Waals surface area contributed by atoms with E-state index in [2.05, 4.69) is 10.1 Å². The number of hydrogen-bond donors (Lipinski definition) is 2.